The van der Waals surface area contributed by atoms with Crippen LogP contribution in [0.2, 0.25) is 0 Å². The second-order valence-corrected chi connectivity index (χ2v) is 4.22. The molecule has 4 nitrogen and oxygen atoms in total. The number of anilines is 1. The zero-order valence-corrected chi connectivity index (χ0v) is 10.1. The highest BCUT2D eigenvalue weighted by Gasteiger charge is 2.09. The van der Waals surface area contributed by atoms with Crippen LogP contribution in [0.1, 0.15) is 6.92 Å². The van der Waals surface area contributed by atoms with Gasteiger partial charge in [-0.3, -0.25) is 4.79 Å². The summed E-state index contributed by atoms with van der Waals surface area (Å²) in [5.41, 5.74) is 1.21. The number of nitrogens with one attached hydrogen (secondary N) is 1. The quantitative estimate of drug-likeness (QED) is 0.846. The number of Topliss-reactive ketones (excluding diaryl/α,β-unsaturated/α-hetero) is 1. The van der Waals surface area contributed by atoms with Gasteiger partial charge in [0.25, 0.3) is 0 Å². The highest BCUT2D eigenvalue weighted by atomic mass is 16.5. The van der Waals surface area contributed by atoms with E-state index in [1.165, 1.54) is 12.6 Å². The molecule has 4 heteroatoms. The maximum absolute atomic E-state index is 10.8. The molecule has 0 spiro atoms. The van der Waals surface area contributed by atoms with Gasteiger partial charge < -0.3 is 15.0 Å². The number of carbonyl (C=O) groups is 1. The summed E-state index contributed by atoms with van der Waals surface area (Å²) in [7, 11) is 0. The molecule has 1 aromatic rings. The third kappa shape index (κ3) is 3.46. The van der Waals surface area contributed by atoms with Crippen molar-refractivity contribution in [3.8, 4) is 5.75 Å². The highest BCUT2D eigenvalue weighted by molar-refractivity contribution is 5.77. The van der Waals surface area contributed by atoms with Gasteiger partial charge >= 0.3 is 0 Å². The molecule has 92 valence electrons. The second kappa shape index (κ2) is 5.68. The molecule has 2 rings (SSSR count). The first-order valence-electron chi connectivity index (χ1n) is 5.94. The summed E-state index contributed by atoms with van der Waals surface area (Å²) in [5.74, 6) is 0.787. The van der Waals surface area contributed by atoms with Gasteiger partial charge in [-0.05, 0) is 31.2 Å². The first-order valence-corrected chi connectivity index (χ1v) is 5.94. The van der Waals surface area contributed by atoms with Crippen LogP contribution >= 0.6 is 0 Å². The second-order valence-electron chi connectivity index (χ2n) is 4.22. The van der Waals surface area contributed by atoms with E-state index in [1.807, 2.05) is 24.3 Å². The van der Waals surface area contributed by atoms with E-state index in [-0.39, 0.29) is 12.4 Å². The molecule has 1 N–H and O–H groups in total. The van der Waals surface area contributed by atoms with Crippen LogP contribution in [0.3, 0.4) is 0 Å². The molecule has 1 aliphatic heterocycles. The van der Waals surface area contributed by atoms with Crippen molar-refractivity contribution in [3.05, 3.63) is 24.3 Å². The first-order chi connectivity index (χ1) is 8.25. The summed E-state index contributed by atoms with van der Waals surface area (Å²) in [4.78, 5) is 13.1. The van der Waals surface area contributed by atoms with Crippen LogP contribution in [0.15, 0.2) is 24.3 Å². The standard InChI is InChI=1S/C13H18N2O2/c1-11(16)10-17-13-4-2-12(3-5-13)15-8-6-14-7-9-15/h2-5,14H,6-10H2,1H3. The molecule has 0 unspecified atom stereocenters. The van der Waals surface area contributed by atoms with E-state index in [2.05, 4.69) is 10.2 Å². The summed E-state index contributed by atoms with van der Waals surface area (Å²) >= 11 is 0. The first kappa shape index (κ1) is 11.9. The number of nitrogens with zero attached hydrogens (tertiary/aromatic N) is 1. The molecule has 0 saturated carbocycles. The molecular formula is C13H18N2O2. The molecule has 1 saturated heterocycles. The predicted molar refractivity (Wildman–Crippen MR) is 67.7 cm³/mol. The number of rotatable bonds is 4. The van der Waals surface area contributed by atoms with E-state index >= 15 is 0 Å². The lowest BCUT2D eigenvalue weighted by Gasteiger charge is -2.29. The summed E-state index contributed by atoms with van der Waals surface area (Å²) in [6.07, 6.45) is 0. The van der Waals surface area contributed by atoms with Crippen molar-refractivity contribution in [2.24, 2.45) is 0 Å². The van der Waals surface area contributed by atoms with Gasteiger partial charge in [0, 0.05) is 31.9 Å². The van der Waals surface area contributed by atoms with Crippen LogP contribution in [0.5, 0.6) is 5.75 Å². The Bertz CT molecular complexity index is 370. The number of ketones is 1. The Labute approximate surface area is 102 Å². The van der Waals surface area contributed by atoms with Crippen LogP contribution < -0.4 is 15.0 Å². The summed E-state index contributed by atoms with van der Waals surface area (Å²) in [6.45, 7) is 5.80. The molecule has 0 amide bonds. The SMILES string of the molecule is CC(=O)COc1ccc(N2CCNCC2)cc1. The van der Waals surface area contributed by atoms with Crippen LogP contribution in [-0.2, 0) is 4.79 Å². The van der Waals surface area contributed by atoms with Gasteiger partial charge in [0.2, 0.25) is 0 Å². The third-order valence-electron chi connectivity index (χ3n) is 2.76. The van der Waals surface area contributed by atoms with Crippen molar-refractivity contribution in [1.82, 2.24) is 5.32 Å². The Morgan fingerprint density at radius 3 is 2.53 bits per heavy atom. The fraction of sp³-hybridized carbons (Fsp3) is 0.462. The molecule has 0 radical (unpaired) electrons. The van der Waals surface area contributed by atoms with Gasteiger partial charge in [-0.1, -0.05) is 0 Å². The molecule has 0 aromatic heterocycles. The van der Waals surface area contributed by atoms with Gasteiger partial charge in [-0.2, -0.15) is 0 Å². The lowest BCUT2D eigenvalue weighted by atomic mass is 10.2. The number of piperazine rings is 1. The fourth-order valence-corrected chi connectivity index (χ4v) is 1.86. The van der Waals surface area contributed by atoms with Crippen LogP contribution in [-0.4, -0.2) is 38.6 Å². The minimum Gasteiger partial charge on any atom is -0.486 e. The van der Waals surface area contributed by atoms with Crippen LogP contribution in [0.4, 0.5) is 5.69 Å². The lowest BCUT2D eigenvalue weighted by molar-refractivity contribution is -0.118. The van der Waals surface area contributed by atoms with Crippen molar-refractivity contribution >= 4 is 11.5 Å². The van der Waals surface area contributed by atoms with E-state index in [0.717, 1.165) is 31.9 Å². The van der Waals surface area contributed by atoms with E-state index in [9.17, 15) is 4.79 Å². The van der Waals surface area contributed by atoms with Crippen molar-refractivity contribution < 1.29 is 9.53 Å². The maximum atomic E-state index is 10.8. The zero-order valence-electron chi connectivity index (χ0n) is 10.1. The largest absolute Gasteiger partial charge is 0.486 e. The van der Waals surface area contributed by atoms with Crippen molar-refractivity contribution in [3.63, 3.8) is 0 Å². The topological polar surface area (TPSA) is 41.6 Å². The molecule has 1 fully saturated rings. The van der Waals surface area contributed by atoms with Crippen molar-refractivity contribution in [1.29, 1.82) is 0 Å². The van der Waals surface area contributed by atoms with Gasteiger partial charge in [0.15, 0.2) is 5.78 Å². The maximum Gasteiger partial charge on any atom is 0.167 e. The van der Waals surface area contributed by atoms with Gasteiger partial charge in [0.1, 0.15) is 12.4 Å². The number of hydrogen-bond donors (Lipinski definition) is 1. The monoisotopic (exact) mass is 234 g/mol. The molecule has 1 aromatic carbocycles. The summed E-state index contributed by atoms with van der Waals surface area (Å²) in [6, 6.07) is 7.92. The van der Waals surface area contributed by atoms with Crippen molar-refractivity contribution in [2.45, 2.75) is 6.92 Å². The summed E-state index contributed by atoms with van der Waals surface area (Å²) in [5, 5.41) is 3.32. The Balaban J connectivity index is 1.94. The molecule has 17 heavy (non-hydrogen) atoms. The molecule has 0 atom stereocenters. The van der Waals surface area contributed by atoms with Gasteiger partial charge in [-0.15, -0.1) is 0 Å². The van der Waals surface area contributed by atoms with E-state index < -0.39 is 0 Å². The predicted octanol–water partition coefficient (Wildman–Crippen LogP) is 1.06. The minimum absolute atomic E-state index is 0.0381. The van der Waals surface area contributed by atoms with Crippen molar-refractivity contribution in [2.75, 3.05) is 37.7 Å². The van der Waals surface area contributed by atoms with Crippen LogP contribution in [0.25, 0.3) is 0 Å². The van der Waals surface area contributed by atoms with E-state index in [0.29, 0.717) is 0 Å². The molecule has 0 bridgehead atoms. The summed E-state index contributed by atoms with van der Waals surface area (Å²) < 4.78 is 5.33. The average molecular weight is 234 g/mol. The Kier molecular flexibility index (Phi) is 3.98. The number of carbonyl (C=O) groups excluding carboxylic acids is 1. The molecule has 0 aliphatic carbocycles. The zero-order chi connectivity index (χ0) is 12.1. The lowest BCUT2D eigenvalue weighted by Crippen LogP contribution is -2.43. The number of ether oxygens (including phenoxy) is 1. The van der Waals surface area contributed by atoms with Crippen LogP contribution in [0, 0.1) is 0 Å². The van der Waals surface area contributed by atoms with E-state index in [1.54, 1.807) is 0 Å². The number of benzene rings is 1. The van der Waals surface area contributed by atoms with E-state index in [4.69, 9.17) is 4.74 Å². The van der Waals surface area contributed by atoms with Gasteiger partial charge in [0.05, 0.1) is 0 Å². The normalized spacial score (nSPS) is 15.7. The molecule has 1 aliphatic rings. The Hall–Kier alpha value is -1.55. The fourth-order valence-electron chi connectivity index (χ4n) is 1.86. The van der Waals surface area contributed by atoms with Gasteiger partial charge in [-0.25, -0.2) is 0 Å². The number of hydrogen-bond acceptors (Lipinski definition) is 4. The Morgan fingerprint density at radius 2 is 1.94 bits per heavy atom. The Morgan fingerprint density at radius 1 is 1.29 bits per heavy atom. The smallest absolute Gasteiger partial charge is 0.167 e. The third-order valence-corrected chi connectivity index (χ3v) is 2.76. The molecular weight excluding hydrogens is 216 g/mol. The average Bonchev–Trinajstić information content (AvgIpc) is 2.38. The highest BCUT2D eigenvalue weighted by Crippen LogP contribution is 2.19. The minimum atomic E-state index is 0.0381. The molecule has 1 heterocycles.